The summed E-state index contributed by atoms with van der Waals surface area (Å²) in [6.07, 6.45) is 14.9. The zero-order chi connectivity index (χ0) is 59.9. The summed E-state index contributed by atoms with van der Waals surface area (Å²) in [5.41, 5.74) is 3.09. The number of anilines is 1. The Bertz CT molecular complexity index is 3920. The molecular weight excluding hydrogens is 1190 g/mol. The van der Waals surface area contributed by atoms with Crippen molar-refractivity contribution in [1.29, 1.82) is 0 Å². The summed E-state index contributed by atoms with van der Waals surface area (Å²) in [4.78, 5) is 2.27. The number of halogens is 7. The topological polar surface area (TPSA) is 216 Å². The second kappa shape index (κ2) is 22.6. The standard InChI is InChI=1S/C15H17ClF2N2O.C15H18ClFN2O.C15H21ClN4OS.C14H15ClN2O2S/c1-14(17,18)15(4-2-3-5-15)13(21)11-7-10(16)6-9-8-19-20-12(9)11;1-15(5-3-2-4-6-15)14(20)9-7-11(16)12(17)10-8-18-19-13(9)10;1-15(2)10-19(5-6-20(15)22(3,4)21)13-8-12(16)7-11-9-17-18-14(11)13;1-20(19)7-13(8-20)5-14(18,6-13)11-3-10(15)2-9-4-16-17-12(9)11/h6-8,13,21H,2-5H2,1H3,(H,19,20);7-8,14,20H,2-6H2,1H3,(H,18,19);7-9H,3,5-6,10H2,1-2,4H3,(H,17,18);2-4,18H,1,5-8H2,(H,16,17). The molecule has 6 heterocycles. The quantitative estimate of drug-likeness (QED) is 0.0714. The van der Waals surface area contributed by atoms with Crippen molar-refractivity contribution in [2.24, 2.45) is 16.2 Å². The summed E-state index contributed by atoms with van der Waals surface area (Å²) in [6.45, 7) is 9.42. The van der Waals surface area contributed by atoms with E-state index in [-0.39, 0.29) is 21.4 Å². The van der Waals surface area contributed by atoms with Crippen molar-refractivity contribution in [2.45, 2.75) is 128 Å². The molecule has 3 aliphatic carbocycles. The molecule has 7 N–H and O–H groups in total. The second-order valence-electron chi connectivity index (χ2n) is 25.0. The predicted octanol–water partition coefficient (Wildman–Crippen LogP) is 13.1. The highest BCUT2D eigenvalue weighted by molar-refractivity contribution is 8.01. The van der Waals surface area contributed by atoms with Crippen molar-refractivity contribution in [3.05, 3.63) is 110 Å². The van der Waals surface area contributed by atoms with Gasteiger partial charge in [-0.2, -0.15) is 20.4 Å². The van der Waals surface area contributed by atoms with Crippen molar-refractivity contribution in [1.82, 2.24) is 45.1 Å². The van der Waals surface area contributed by atoms with E-state index in [1.165, 1.54) is 18.7 Å². The van der Waals surface area contributed by atoms with Crippen LogP contribution in [0, 0.1) is 22.1 Å². The third-order valence-electron chi connectivity index (χ3n) is 18.0. The van der Waals surface area contributed by atoms with Crippen LogP contribution in [0.25, 0.3) is 43.6 Å². The largest absolute Gasteiger partial charge is 0.388 e. The van der Waals surface area contributed by atoms with Crippen LogP contribution in [0.15, 0.2) is 67.3 Å². The second-order valence-corrected chi connectivity index (χ2v) is 31.6. The number of alkyl halides is 2. The minimum absolute atomic E-state index is 0.0161. The van der Waals surface area contributed by atoms with Gasteiger partial charge in [0.2, 0.25) is 0 Å². The molecule has 3 unspecified atom stereocenters. The van der Waals surface area contributed by atoms with Crippen LogP contribution in [0.2, 0.25) is 20.1 Å². The van der Waals surface area contributed by atoms with Gasteiger partial charge in [0.05, 0.1) is 86.2 Å². The molecule has 4 aromatic carbocycles. The number of rotatable bonds is 8. The number of H-pyrrole nitrogens is 4. The molecule has 0 radical (unpaired) electrons. The zero-order valence-corrected chi connectivity index (χ0v) is 51.7. The van der Waals surface area contributed by atoms with E-state index >= 15 is 0 Å². The lowest BCUT2D eigenvalue weighted by Crippen LogP contribution is -2.62. The lowest BCUT2D eigenvalue weighted by molar-refractivity contribution is -0.161. The smallest absolute Gasteiger partial charge is 0.253 e. The maximum Gasteiger partial charge on any atom is 0.253 e. The molecule has 83 heavy (non-hydrogen) atoms. The Kier molecular flexibility index (Phi) is 16.7. The van der Waals surface area contributed by atoms with Crippen molar-refractivity contribution >= 4 is 127 Å². The third kappa shape index (κ3) is 12.0. The first-order chi connectivity index (χ1) is 38.9. The summed E-state index contributed by atoms with van der Waals surface area (Å²) in [6, 6.07) is 12.3. The molecule has 8 aromatic rings. The van der Waals surface area contributed by atoms with Crippen LogP contribution in [-0.2, 0) is 24.8 Å². The van der Waals surface area contributed by atoms with Crippen molar-refractivity contribution in [2.75, 3.05) is 42.3 Å². The molecule has 0 amide bonds. The molecule has 4 aromatic heterocycles. The first-order valence-electron chi connectivity index (χ1n) is 27.7. The first-order valence-corrected chi connectivity index (χ1v) is 33.4. The van der Waals surface area contributed by atoms with Gasteiger partial charge in [-0.1, -0.05) is 85.4 Å². The van der Waals surface area contributed by atoms with Crippen molar-refractivity contribution in [3.63, 3.8) is 0 Å². The Morgan fingerprint density at radius 2 is 1.22 bits per heavy atom. The number of fused-ring (bicyclic) bond motifs is 4. The van der Waals surface area contributed by atoms with E-state index in [0.29, 0.717) is 105 Å². The summed E-state index contributed by atoms with van der Waals surface area (Å²) < 4.78 is 68.6. The van der Waals surface area contributed by atoms with Crippen LogP contribution in [0.3, 0.4) is 0 Å². The number of aliphatic hydroxyl groups is 3. The number of nitrogens with zero attached hydrogens (tertiary/aromatic N) is 6. The van der Waals surface area contributed by atoms with Gasteiger partial charge in [0.15, 0.2) is 5.82 Å². The van der Waals surface area contributed by atoms with E-state index in [2.05, 4.69) is 78.2 Å². The van der Waals surface area contributed by atoms with E-state index in [0.717, 1.165) is 78.8 Å². The molecule has 13 rings (SSSR count). The molecular formula is C59H71Cl4F3N10O5S2. The molecule has 448 valence electrons. The molecule has 2 saturated heterocycles. The van der Waals surface area contributed by atoms with Gasteiger partial charge in [-0.3, -0.25) is 28.8 Å². The van der Waals surface area contributed by atoms with Crippen molar-refractivity contribution in [3.8, 4) is 0 Å². The summed E-state index contributed by atoms with van der Waals surface area (Å²) in [7, 11) is -4.10. The number of benzene rings is 4. The average molecular weight is 1260 g/mol. The number of aliphatic hydroxyl groups excluding tert-OH is 2. The Morgan fingerprint density at radius 1 is 0.711 bits per heavy atom. The Balaban J connectivity index is 0.000000124. The van der Waals surface area contributed by atoms with Crippen LogP contribution in [0.5, 0.6) is 0 Å². The zero-order valence-electron chi connectivity index (χ0n) is 47.0. The lowest BCUT2D eigenvalue weighted by Gasteiger charge is -2.59. The fraction of sp³-hybridized carbons (Fsp3) is 0.492. The summed E-state index contributed by atoms with van der Waals surface area (Å²) in [5, 5.41) is 64.6. The van der Waals surface area contributed by atoms with Crippen LogP contribution in [0.1, 0.15) is 127 Å². The van der Waals surface area contributed by atoms with Gasteiger partial charge in [0, 0.05) is 107 Å². The number of aromatic nitrogens is 8. The maximum atomic E-state index is 14.2. The van der Waals surface area contributed by atoms with Crippen LogP contribution < -0.4 is 4.90 Å². The molecule has 0 bridgehead atoms. The van der Waals surface area contributed by atoms with Gasteiger partial charge in [-0.05, 0) is 127 Å². The molecule has 24 heteroatoms. The van der Waals surface area contributed by atoms with Gasteiger partial charge in [-0.15, -0.1) is 0 Å². The molecule has 3 atom stereocenters. The fourth-order valence-electron chi connectivity index (χ4n) is 14.2. The number of hydrogen-bond donors (Lipinski definition) is 7. The van der Waals surface area contributed by atoms with E-state index < -0.39 is 54.2 Å². The summed E-state index contributed by atoms with van der Waals surface area (Å²) >= 11 is 24.4. The van der Waals surface area contributed by atoms with E-state index in [1.54, 1.807) is 43.0 Å². The molecule has 3 saturated carbocycles. The normalized spacial score (nSPS) is 25.3. The fourth-order valence-corrected chi connectivity index (χ4v) is 19.2. The van der Waals surface area contributed by atoms with E-state index in [4.69, 9.17) is 46.4 Å². The molecule has 5 fully saturated rings. The van der Waals surface area contributed by atoms with Gasteiger partial charge < -0.3 is 20.2 Å². The number of aromatic amines is 4. The monoisotopic (exact) mass is 1260 g/mol. The van der Waals surface area contributed by atoms with Gasteiger partial charge >= 0.3 is 0 Å². The van der Waals surface area contributed by atoms with E-state index in [1.807, 2.05) is 22.5 Å². The SMILES string of the molecule is C=S(C)(=O)N1CCN(c2cc(Cl)cc3cn[nH]c23)CC1(C)C.C=S1(=O)CC2(CC(O)(c3cc(Cl)cc4cn[nH]c34)C2)C1.CC(F)(F)C1(C(O)c2cc(Cl)cc3cn[nH]c23)CCCC1.CC1(C(O)c2cc(Cl)c(F)c3cn[nH]c23)CCCCC1. The third-order valence-corrected chi connectivity index (χ3v) is 22.8. The van der Waals surface area contributed by atoms with Crippen LogP contribution in [-0.4, -0.2) is 129 Å². The van der Waals surface area contributed by atoms with Crippen LogP contribution >= 0.6 is 46.4 Å². The Morgan fingerprint density at radius 3 is 1.80 bits per heavy atom. The minimum Gasteiger partial charge on any atom is -0.388 e. The van der Waals surface area contributed by atoms with E-state index in [9.17, 15) is 36.9 Å². The maximum absolute atomic E-state index is 14.2. The summed E-state index contributed by atoms with van der Waals surface area (Å²) in [5.74, 6) is 5.40. The highest BCUT2D eigenvalue weighted by Crippen LogP contribution is 2.61. The van der Waals surface area contributed by atoms with Gasteiger partial charge in [-0.25, -0.2) is 17.5 Å². The lowest BCUT2D eigenvalue weighted by atomic mass is 9.58. The molecule has 1 spiro atoms. The van der Waals surface area contributed by atoms with Crippen LogP contribution in [0.4, 0.5) is 18.9 Å². The Hall–Kier alpha value is -4.61. The molecule has 15 nitrogen and oxygen atoms in total. The first kappa shape index (κ1) is 61.5. The molecule has 5 aliphatic rings. The van der Waals surface area contributed by atoms with Gasteiger partial charge in [0.25, 0.3) is 5.92 Å². The number of nitrogens with one attached hydrogen (secondary N) is 4. The molecule has 2 aliphatic heterocycles. The highest BCUT2D eigenvalue weighted by atomic mass is 35.5. The van der Waals surface area contributed by atoms with Gasteiger partial charge in [0.1, 0.15) is 0 Å². The predicted molar refractivity (Wildman–Crippen MR) is 332 cm³/mol. The highest BCUT2D eigenvalue weighted by Gasteiger charge is 2.61. The number of hydrogen-bond acceptors (Lipinski definition) is 10. The average Bonchev–Trinajstić information content (AvgIpc) is 1.68. The Labute approximate surface area is 501 Å². The minimum atomic E-state index is -2.96. The number of piperazine rings is 1. The van der Waals surface area contributed by atoms with Crippen molar-refractivity contribution < 1.29 is 36.9 Å².